The first-order valence-corrected chi connectivity index (χ1v) is 5.03. The van der Waals surface area contributed by atoms with Gasteiger partial charge in [-0.3, -0.25) is 0 Å². The highest BCUT2D eigenvalue weighted by Crippen LogP contribution is 2.23. The molecule has 0 atom stereocenters. The molecule has 1 heterocycles. The van der Waals surface area contributed by atoms with Crippen LogP contribution in [0.25, 0.3) is 0 Å². The summed E-state index contributed by atoms with van der Waals surface area (Å²) < 4.78 is 15.3. The van der Waals surface area contributed by atoms with Gasteiger partial charge in [0.1, 0.15) is 12.3 Å². The van der Waals surface area contributed by atoms with Gasteiger partial charge in [0.15, 0.2) is 5.82 Å². The maximum absolute atomic E-state index is 5.62. The number of rotatable bonds is 7. The largest absolute Gasteiger partial charge is 0.474 e. The second-order valence-corrected chi connectivity index (χ2v) is 3.14. The lowest BCUT2D eigenvalue weighted by molar-refractivity contribution is 0.0538. The molecule has 0 saturated carbocycles. The van der Waals surface area contributed by atoms with Crippen molar-refractivity contribution in [3.8, 4) is 5.88 Å². The highest BCUT2D eigenvalue weighted by Gasteiger charge is 2.08. The Bertz CT molecular complexity index is 361. The molecular formula is C9H17N5O3. The van der Waals surface area contributed by atoms with Crippen molar-refractivity contribution in [2.75, 3.05) is 50.7 Å². The van der Waals surface area contributed by atoms with Crippen LogP contribution in [0.3, 0.4) is 0 Å². The molecule has 0 spiro atoms. The van der Waals surface area contributed by atoms with E-state index in [0.29, 0.717) is 26.4 Å². The molecular weight excluding hydrogens is 226 g/mol. The molecule has 0 unspecified atom stereocenters. The number of ether oxygens (including phenoxy) is 3. The number of nitrogen functional groups attached to an aromatic ring is 3. The minimum Gasteiger partial charge on any atom is -0.474 e. The average Bonchev–Trinajstić information content (AvgIpc) is 2.29. The summed E-state index contributed by atoms with van der Waals surface area (Å²) >= 11 is 0. The molecule has 0 amide bonds. The van der Waals surface area contributed by atoms with Gasteiger partial charge in [0, 0.05) is 7.11 Å². The third kappa shape index (κ3) is 4.29. The second kappa shape index (κ2) is 6.71. The topological polar surface area (TPSA) is 132 Å². The quantitative estimate of drug-likeness (QED) is 0.534. The Hall–Kier alpha value is -1.80. The predicted molar refractivity (Wildman–Crippen MR) is 63.5 cm³/mol. The summed E-state index contributed by atoms with van der Waals surface area (Å²) in [4.78, 5) is 7.52. The molecule has 0 saturated heterocycles. The van der Waals surface area contributed by atoms with Crippen LogP contribution in [0.5, 0.6) is 5.88 Å². The molecule has 96 valence electrons. The van der Waals surface area contributed by atoms with Crippen LogP contribution in [0.4, 0.5) is 17.5 Å². The summed E-state index contributed by atoms with van der Waals surface area (Å²) in [5.74, 6) is 0.296. The number of hydrogen-bond acceptors (Lipinski definition) is 8. The molecule has 0 bridgehead atoms. The van der Waals surface area contributed by atoms with E-state index < -0.39 is 0 Å². The van der Waals surface area contributed by atoms with E-state index in [0.717, 1.165) is 0 Å². The number of anilines is 3. The summed E-state index contributed by atoms with van der Waals surface area (Å²) in [5.41, 5.74) is 16.7. The summed E-state index contributed by atoms with van der Waals surface area (Å²) in [6.07, 6.45) is 0. The molecule has 0 aromatic carbocycles. The Kier molecular flexibility index (Phi) is 5.24. The third-order valence-electron chi connectivity index (χ3n) is 1.86. The van der Waals surface area contributed by atoms with Crippen LogP contribution in [-0.2, 0) is 9.47 Å². The Morgan fingerprint density at radius 2 is 1.71 bits per heavy atom. The van der Waals surface area contributed by atoms with Crippen molar-refractivity contribution in [1.82, 2.24) is 9.97 Å². The number of nitrogens with two attached hydrogens (primary N) is 3. The van der Waals surface area contributed by atoms with Crippen molar-refractivity contribution in [2.24, 2.45) is 0 Å². The van der Waals surface area contributed by atoms with Gasteiger partial charge in [0.05, 0.1) is 19.8 Å². The highest BCUT2D eigenvalue weighted by molar-refractivity contribution is 5.65. The van der Waals surface area contributed by atoms with Crippen LogP contribution in [0.1, 0.15) is 0 Å². The van der Waals surface area contributed by atoms with Gasteiger partial charge in [-0.25, -0.2) is 0 Å². The molecule has 0 aliphatic carbocycles. The predicted octanol–water partition coefficient (Wildman–Crippen LogP) is -0.735. The maximum Gasteiger partial charge on any atom is 0.244 e. The highest BCUT2D eigenvalue weighted by atomic mass is 16.5. The van der Waals surface area contributed by atoms with Crippen LogP contribution in [0.15, 0.2) is 0 Å². The van der Waals surface area contributed by atoms with E-state index in [1.165, 1.54) is 0 Å². The van der Waals surface area contributed by atoms with Crippen LogP contribution in [0.2, 0.25) is 0 Å². The maximum atomic E-state index is 5.62. The zero-order valence-electron chi connectivity index (χ0n) is 9.68. The molecule has 1 aromatic rings. The van der Waals surface area contributed by atoms with Crippen LogP contribution >= 0.6 is 0 Å². The fraction of sp³-hybridized carbons (Fsp3) is 0.556. The van der Waals surface area contributed by atoms with Gasteiger partial charge < -0.3 is 31.4 Å². The number of methoxy groups -OCH3 is 1. The Morgan fingerprint density at radius 3 is 2.41 bits per heavy atom. The van der Waals surface area contributed by atoms with E-state index >= 15 is 0 Å². The molecule has 1 rings (SSSR count). The van der Waals surface area contributed by atoms with Crippen LogP contribution in [-0.4, -0.2) is 43.5 Å². The van der Waals surface area contributed by atoms with E-state index in [2.05, 4.69) is 9.97 Å². The summed E-state index contributed by atoms with van der Waals surface area (Å²) in [7, 11) is 1.60. The van der Waals surface area contributed by atoms with Gasteiger partial charge in [-0.05, 0) is 0 Å². The molecule has 0 radical (unpaired) electrons. The SMILES string of the molecule is COCCOCCOc1nc(N)nc(N)c1N. The van der Waals surface area contributed by atoms with Gasteiger partial charge in [0.2, 0.25) is 11.8 Å². The molecule has 0 aliphatic heterocycles. The zero-order valence-corrected chi connectivity index (χ0v) is 9.68. The van der Waals surface area contributed by atoms with Crippen LogP contribution < -0.4 is 21.9 Å². The lowest BCUT2D eigenvalue weighted by atomic mass is 10.4. The lowest BCUT2D eigenvalue weighted by Crippen LogP contribution is -2.13. The Balaban J connectivity index is 2.36. The van der Waals surface area contributed by atoms with Gasteiger partial charge in [-0.1, -0.05) is 0 Å². The normalized spacial score (nSPS) is 10.4. The zero-order chi connectivity index (χ0) is 12.7. The summed E-state index contributed by atoms with van der Waals surface area (Å²) in [5, 5.41) is 0. The number of aromatic nitrogens is 2. The second-order valence-electron chi connectivity index (χ2n) is 3.14. The Labute approximate surface area is 99.1 Å². The molecule has 0 aliphatic rings. The molecule has 17 heavy (non-hydrogen) atoms. The van der Waals surface area contributed by atoms with Gasteiger partial charge >= 0.3 is 0 Å². The first-order valence-electron chi connectivity index (χ1n) is 5.03. The van der Waals surface area contributed by atoms with Crippen molar-refractivity contribution >= 4 is 17.5 Å². The lowest BCUT2D eigenvalue weighted by Gasteiger charge is -2.09. The van der Waals surface area contributed by atoms with E-state index in [1.807, 2.05) is 0 Å². The standard InChI is InChI=1S/C9H17N5O3/c1-15-2-3-16-4-5-17-8-6(10)7(11)13-9(12)14-8/h2-5,10H2,1H3,(H4,11,12,13,14). The fourth-order valence-corrected chi connectivity index (χ4v) is 1.03. The first-order chi connectivity index (χ1) is 8.15. The molecule has 1 aromatic heterocycles. The monoisotopic (exact) mass is 243 g/mol. The molecule has 8 heteroatoms. The van der Waals surface area contributed by atoms with Crippen molar-refractivity contribution in [2.45, 2.75) is 0 Å². The summed E-state index contributed by atoms with van der Waals surface area (Å²) in [6.45, 7) is 1.73. The number of nitrogens with zero attached hydrogens (tertiary/aromatic N) is 2. The van der Waals surface area contributed by atoms with Crippen molar-refractivity contribution in [1.29, 1.82) is 0 Å². The molecule has 0 fully saturated rings. The van der Waals surface area contributed by atoms with Crippen molar-refractivity contribution in [3.05, 3.63) is 0 Å². The molecule has 8 nitrogen and oxygen atoms in total. The minimum atomic E-state index is 0.0204. The van der Waals surface area contributed by atoms with Gasteiger partial charge in [-0.15, -0.1) is 0 Å². The van der Waals surface area contributed by atoms with E-state index in [4.69, 9.17) is 31.4 Å². The van der Waals surface area contributed by atoms with E-state index in [-0.39, 0.29) is 23.3 Å². The van der Waals surface area contributed by atoms with Crippen molar-refractivity contribution in [3.63, 3.8) is 0 Å². The van der Waals surface area contributed by atoms with E-state index in [9.17, 15) is 0 Å². The van der Waals surface area contributed by atoms with Gasteiger partial charge in [0.25, 0.3) is 0 Å². The van der Waals surface area contributed by atoms with E-state index in [1.54, 1.807) is 7.11 Å². The van der Waals surface area contributed by atoms with Crippen molar-refractivity contribution < 1.29 is 14.2 Å². The smallest absolute Gasteiger partial charge is 0.244 e. The van der Waals surface area contributed by atoms with Crippen LogP contribution in [0, 0.1) is 0 Å². The average molecular weight is 243 g/mol. The molecule has 6 N–H and O–H groups in total. The Morgan fingerprint density at radius 1 is 1.00 bits per heavy atom. The van der Waals surface area contributed by atoms with Gasteiger partial charge in [-0.2, -0.15) is 9.97 Å². The third-order valence-corrected chi connectivity index (χ3v) is 1.86. The first kappa shape index (κ1) is 13.3. The fourth-order valence-electron chi connectivity index (χ4n) is 1.03. The summed E-state index contributed by atoms with van der Waals surface area (Å²) in [6, 6.07) is 0. The number of hydrogen-bond donors (Lipinski definition) is 3. The minimum absolute atomic E-state index is 0.0204.